The number of benzene rings is 2. The fraction of sp³-hybridized carbons (Fsp3) is 0.261. The smallest absolute Gasteiger partial charge is 0.325 e. The average Bonchev–Trinajstić information content (AvgIpc) is 3.26. The van der Waals surface area contributed by atoms with Crippen molar-refractivity contribution in [1.82, 2.24) is 14.8 Å². The third-order valence-corrected chi connectivity index (χ3v) is 5.46. The number of anilines is 1. The molecule has 0 saturated carbocycles. The first-order valence-corrected chi connectivity index (χ1v) is 10.0. The van der Waals surface area contributed by atoms with Crippen LogP contribution in [0.15, 0.2) is 54.7 Å². The van der Waals surface area contributed by atoms with E-state index >= 15 is 0 Å². The Bertz CT molecular complexity index is 1150. The van der Waals surface area contributed by atoms with Gasteiger partial charge in [-0.2, -0.15) is 0 Å². The highest BCUT2D eigenvalue weighted by atomic mass is 16.5. The Morgan fingerprint density at radius 2 is 1.97 bits per heavy atom. The van der Waals surface area contributed by atoms with Crippen molar-refractivity contribution >= 4 is 34.4 Å². The van der Waals surface area contributed by atoms with Gasteiger partial charge in [-0.1, -0.05) is 18.2 Å². The molecule has 1 fully saturated rings. The van der Waals surface area contributed by atoms with Gasteiger partial charge in [0, 0.05) is 41.8 Å². The highest BCUT2D eigenvalue weighted by Crippen LogP contribution is 2.23. The molecule has 1 aliphatic heterocycles. The molecule has 3 aromatic rings. The summed E-state index contributed by atoms with van der Waals surface area (Å²) in [6.45, 7) is 0.120. The Hall–Kier alpha value is -3.81. The second-order valence-corrected chi connectivity index (χ2v) is 7.53. The van der Waals surface area contributed by atoms with Crippen molar-refractivity contribution in [3.63, 3.8) is 0 Å². The number of hydrogen-bond donors (Lipinski definition) is 2. The lowest BCUT2D eigenvalue weighted by atomic mass is 10.1. The molecule has 8 heteroatoms. The van der Waals surface area contributed by atoms with E-state index in [1.807, 2.05) is 60.3 Å². The molecule has 0 radical (unpaired) electrons. The molecule has 2 N–H and O–H groups in total. The summed E-state index contributed by atoms with van der Waals surface area (Å²) in [5, 5.41) is 6.56. The first-order valence-electron chi connectivity index (χ1n) is 10.0. The van der Waals surface area contributed by atoms with Crippen molar-refractivity contribution in [3.8, 4) is 5.75 Å². The van der Waals surface area contributed by atoms with E-state index in [-0.39, 0.29) is 31.2 Å². The Labute approximate surface area is 179 Å². The fourth-order valence-electron chi connectivity index (χ4n) is 3.78. The number of carbonyl (C=O) groups excluding carboxylic acids is 3. The molecular weight excluding hydrogens is 396 g/mol. The van der Waals surface area contributed by atoms with Gasteiger partial charge in [0.25, 0.3) is 5.91 Å². The zero-order valence-electron chi connectivity index (χ0n) is 17.4. The third-order valence-electron chi connectivity index (χ3n) is 5.46. The van der Waals surface area contributed by atoms with Crippen molar-refractivity contribution in [3.05, 3.63) is 60.3 Å². The maximum atomic E-state index is 12.7. The predicted molar refractivity (Wildman–Crippen MR) is 117 cm³/mol. The zero-order valence-corrected chi connectivity index (χ0v) is 17.4. The van der Waals surface area contributed by atoms with Gasteiger partial charge in [0.1, 0.15) is 11.8 Å². The Morgan fingerprint density at radius 1 is 1.16 bits per heavy atom. The SMILES string of the molecule is COc1ccccc1CN1C(=O)NC(CCC(=O)Nc2ccc3c(ccn3C)c2)C1=O. The molecule has 1 aliphatic rings. The minimum absolute atomic E-state index is 0.117. The van der Waals surface area contributed by atoms with Gasteiger partial charge in [0.05, 0.1) is 13.7 Å². The molecule has 8 nitrogen and oxygen atoms in total. The molecule has 2 aromatic carbocycles. The number of urea groups is 1. The van der Waals surface area contributed by atoms with Crippen LogP contribution >= 0.6 is 0 Å². The zero-order chi connectivity index (χ0) is 22.0. The molecular formula is C23H24N4O4. The number of amides is 4. The molecule has 160 valence electrons. The first-order chi connectivity index (χ1) is 15.0. The first kappa shape index (κ1) is 20.5. The summed E-state index contributed by atoms with van der Waals surface area (Å²) in [6.07, 6.45) is 2.31. The quantitative estimate of drug-likeness (QED) is 0.575. The van der Waals surface area contributed by atoms with Crippen molar-refractivity contribution in [2.24, 2.45) is 7.05 Å². The molecule has 0 bridgehead atoms. The van der Waals surface area contributed by atoms with Gasteiger partial charge in [-0.15, -0.1) is 0 Å². The van der Waals surface area contributed by atoms with Crippen LogP contribution in [0.5, 0.6) is 5.75 Å². The van der Waals surface area contributed by atoms with E-state index in [9.17, 15) is 14.4 Å². The number of fused-ring (bicyclic) bond motifs is 1. The Kier molecular flexibility index (Phi) is 5.62. The highest BCUT2D eigenvalue weighted by Gasteiger charge is 2.38. The molecule has 1 aromatic heterocycles. The molecule has 4 amide bonds. The van der Waals surface area contributed by atoms with Crippen molar-refractivity contribution < 1.29 is 19.1 Å². The lowest BCUT2D eigenvalue weighted by Crippen LogP contribution is -2.31. The maximum absolute atomic E-state index is 12.7. The number of carbonyl (C=O) groups is 3. The van der Waals surface area contributed by atoms with Gasteiger partial charge < -0.3 is 19.9 Å². The minimum Gasteiger partial charge on any atom is -0.496 e. The lowest BCUT2D eigenvalue weighted by molar-refractivity contribution is -0.128. The number of nitrogens with one attached hydrogen (secondary N) is 2. The van der Waals surface area contributed by atoms with Gasteiger partial charge in [-0.05, 0) is 36.8 Å². The van der Waals surface area contributed by atoms with Crippen LogP contribution in [0.3, 0.4) is 0 Å². The van der Waals surface area contributed by atoms with Crippen LogP contribution in [0, 0.1) is 0 Å². The van der Waals surface area contributed by atoms with E-state index in [1.165, 1.54) is 0 Å². The average molecular weight is 420 g/mol. The summed E-state index contributed by atoms with van der Waals surface area (Å²) in [5.74, 6) is 0.0660. The van der Waals surface area contributed by atoms with E-state index in [1.54, 1.807) is 13.2 Å². The maximum Gasteiger partial charge on any atom is 0.325 e. The number of ether oxygens (including phenoxy) is 1. The van der Waals surface area contributed by atoms with Crippen molar-refractivity contribution in [2.45, 2.75) is 25.4 Å². The number of hydrogen-bond acceptors (Lipinski definition) is 4. The molecule has 1 atom stereocenters. The molecule has 0 aliphatic carbocycles. The van der Waals surface area contributed by atoms with Gasteiger partial charge in [-0.25, -0.2) is 4.79 Å². The van der Waals surface area contributed by atoms with Crippen molar-refractivity contribution in [2.75, 3.05) is 12.4 Å². The molecule has 1 saturated heterocycles. The number of aryl methyl sites for hydroxylation is 1. The topological polar surface area (TPSA) is 92.7 Å². The second-order valence-electron chi connectivity index (χ2n) is 7.53. The number of rotatable bonds is 7. The van der Waals surface area contributed by atoms with E-state index in [4.69, 9.17) is 4.74 Å². The van der Waals surface area contributed by atoms with E-state index in [0.29, 0.717) is 11.4 Å². The normalized spacial score (nSPS) is 15.9. The summed E-state index contributed by atoms with van der Waals surface area (Å²) in [4.78, 5) is 38.6. The van der Waals surface area contributed by atoms with Gasteiger partial charge in [0.15, 0.2) is 0 Å². The minimum atomic E-state index is -0.718. The van der Waals surface area contributed by atoms with Crippen molar-refractivity contribution in [1.29, 1.82) is 0 Å². The number of imide groups is 1. The van der Waals surface area contributed by atoms with Crippen LogP contribution in [0.1, 0.15) is 18.4 Å². The predicted octanol–water partition coefficient (Wildman–Crippen LogP) is 3.03. The fourth-order valence-corrected chi connectivity index (χ4v) is 3.78. The summed E-state index contributed by atoms with van der Waals surface area (Å²) in [6, 6.07) is 13.7. The highest BCUT2D eigenvalue weighted by molar-refractivity contribution is 6.04. The molecule has 31 heavy (non-hydrogen) atoms. The van der Waals surface area contributed by atoms with Crippen LogP contribution in [-0.2, 0) is 23.2 Å². The van der Waals surface area contributed by atoms with Gasteiger partial charge in [0.2, 0.25) is 5.91 Å². The summed E-state index contributed by atoms with van der Waals surface area (Å²) in [7, 11) is 3.51. The molecule has 2 heterocycles. The molecule has 0 spiro atoms. The van der Waals surface area contributed by atoms with Gasteiger partial charge in [-0.3, -0.25) is 14.5 Å². The largest absolute Gasteiger partial charge is 0.496 e. The summed E-state index contributed by atoms with van der Waals surface area (Å²) in [5.41, 5.74) is 2.51. The monoisotopic (exact) mass is 420 g/mol. The van der Waals surface area contributed by atoms with Crippen LogP contribution < -0.4 is 15.4 Å². The van der Waals surface area contributed by atoms with E-state index in [0.717, 1.165) is 21.4 Å². The number of methoxy groups -OCH3 is 1. The van der Waals surface area contributed by atoms with Crippen LogP contribution in [0.2, 0.25) is 0 Å². The Morgan fingerprint density at radius 3 is 2.77 bits per heavy atom. The third kappa shape index (κ3) is 4.23. The molecule has 4 rings (SSSR count). The van der Waals surface area contributed by atoms with Gasteiger partial charge >= 0.3 is 6.03 Å². The number of para-hydroxylation sites is 1. The summed E-state index contributed by atoms with van der Waals surface area (Å²) >= 11 is 0. The number of nitrogens with zero attached hydrogens (tertiary/aromatic N) is 2. The van der Waals surface area contributed by atoms with E-state index in [2.05, 4.69) is 10.6 Å². The Balaban J connectivity index is 1.34. The molecule has 1 unspecified atom stereocenters. The summed E-state index contributed by atoms with van der Waals surface area (Å²) < 4.78 is 7.30. The number of aromatic nitrogens is 1. The van der Waals surface area contributed by atoms with E-state index < -0.39 is 12.1 Å². The van der Waals surface area contributed by atoms with Crippen LogP contribution in [0.4, 0.5) is 10.5 Å². The standard InChI is InChI=1S/C23H24N4O4/c1-26-12-11-15-13-17(7-9-19(15)26)24-21(28)10-8-18-22(29)27(23(30)25-18)14-16-5-3-4-6-20(16)31-2/h3-7,9,11-13,18H,8,10,14H2,1-2H3,(H,24,28)(H,25,30). The lowest BCUT2D eigenvalue weighted by Gasteiger charge is -2.15. The second kappa shape index (κ2) is 8.51. The van der Waals surface area contributed by atoms with Crippen LogP contribution in [0.25, 0.3) is 10.9 Å². The van der Waals surface area contributed by atoms with Crippen LogP contribution in [-0.4, -0.2) is 40.5 Å².